The van der Waals surface area contributed by atoms with Crippen molar-refractivity contribution in [2.24, 2.45) is 5.41 Å². The van der Waals surface area contributed by atoms with E-state index in [9.17, 15) is 0 Å². The minimum atomic E-state index is 0.240. The molecule has 0 aliphatic heterocycles. The summed E-state index contributed by atoms with van der Waals surface area (Å²) in [4.78, 5) is 0. The summed E-state index contributed by atoms with van der Waals surface area (Å²) in [5.41, 5.74) is 0.240. The monoisotopic (exact) mass is 157 g/mol. The molecule has 1 fully saturated rings. The Kier molecular flexibility index (Phi) is 2.90. The normalized spacial score (nSPS) is 21.8. The summed E-state index contributed by atoms with van der Waals surface area (Å²) in [5, 5.41) is 12.5. The summed E-state index contributed by atoms with van der Waals surface area (Å²) in [7, 11) is 0. The number of rotatable bonds is 4. The average molecular weight is 157 g/mol. The summed E-state index contributed by atoms with van der Waals surface area (Å²) in [5.74, 6) is 0. The first-order valence-electron chi connectivity index (χ1n) is 4.53. The van der Waals surface area contributed by atoms with Crippen molar-refractivity contribution in [1.29, 1.82) is 0 Å². The van der Waals surface area contributed by atoms with Crippen molar-refractivity contribution in [3.63, 3.8) is 0 Å². The highest BCUT2D eigenvalue weighted by atomic mass is 16.3. The van der Waals surface area contributed by atoms with Crippen molar-refractivity contribution < 1.29 is 5.11 Å². The smallest absolute Gasteiger partial charge is 0.0499 e. The standard InChI is InChI=1S/C9H19NO/c1-8(2)10-6-9(7-11)4-3-5-9/h8,10-11H,3-7H2,1-2H3. The number of hydrogen-bond donors (Lipinski definition) is 2. The van der Waals surface area contributed by atoms with Crippen LogP contribution in [0.15, 0.2) is 0 Å². The van der Waals surface area contributed by atoms with Crippen LogP contribution >= 0.6 is 0 Å². The maximum absolute atomic E-state index is 9.11. The van der Waals surface area contributed by atoms with Gasteiger partial charge in [0.15, 0.2) is 0 Å². The molecule has 66 valence electrons. The van der Waals surface area contributed by atoms with Gasteiger partial charge in [-0.25, -0.2) is 0 Å². The summed E-state index contributed by atoms with van der Waals surface area (Å²) >= 11 is 0. The Balaban J connectivity index is 2.22. The molecule has 0 aromatic rings. The molecule has 0 amide bonds. The van der Waals surface area contributed by atoms with E-state index in [1.807, 2.05) is 0 Å². The Labute approximate surface area is 69.0 Å². The first-order chi connectivity index (χ1) is 5.18. The predicted octanol–water partition coefficient (Wildman–Crippen LogP) is 1.15. The second-order valence-corrected chi connectivity index (χ2v) is 4.05. The molecule has 0 bridgehead atoms. The second kappa shape index (κ2) is 3.55. The summed E-state index contributed by atoms with van der Waals surface area (Å²) in [6.45, 7) is 5.63. The van der Waals surface area contributed by atoms with E-state index in [1.54, 1.807) is 0 Å². The Morgan fingerprint density at radius 1 is 1.45 bits per heavy atom. The zero-order valence-electron chi connectivity index (χ0n) is 7.56. The van der Waals surface area contributed by atoms with Crippen LogP contribution in [-0.2, 0) is 0 Å². The lowest BCUT2D eigenvalue weighted by Gasteiger charge is -2.41. The zero-order chi connectivity index (χ0) is 8.32. The average Bonchev–Trinajstić information content (AvgIpc) is 1.86. The number of aliphatic hydroxyl groups is 1. The molecule has 0 spiro atoms. The van der Waals surface area contributed by atoms with Gasteiger partial charge in [0, 0.05) is 24.6 Å². The highest BCUT2D eigenvalue weighted by Gasteiger charge is 2.35. The highest BCUT2D eigenvalue weighted by Crippen LogP contribution is 2.39. The molecule has 0 aromatic carbocycles. The van der Waals surface area contributed by atoms with Crippen molar-refractivity contribution in [2.45, 2.75) is 39.2 Å². The lowest BCUT2D eigenvalue weighted by atomic mass is 9.69. The van der Waals surface area contributed by atoms with Gasteiger partial charge in [-0.2, -0.15) is 0 Å². The third kappa shape index (κ3) is 2.17. The number of nitrogens with one attached hydrogen (secondary N) is 1. The molecule has 0 atom stereocenters. The van der Waals surface area contributed by atoms with E-state index in [4.69, 9.17) is 5.11 Å². The van der Waals surface area contributed by atoms with Crippen LogP contribution in [0.4, 0.5) is 0 Å². The first kappa shape index (κ1) is 9.01. The fraction of sp³-hybridized carbons (Fsp3) is 1.00. The molecule has 0 saturated heterocycles. The highest BCUT2D eigenvalue weighted by molar-refractivity contribution is 4.89. The fourth-order valence-corrected chi connectivity index (χ4v) is 1.49. The molecule has 11 heavy (non-hydrogen) atoms. The summed E-state index contributed by atoms with van der Waals surface area (Å²) < 4.78 is 0. The minimum Gasteiger partial charge on any atom is -0.396 e. The molecule has 1 rings (SSSR count). The van der Waals surface area contributed by atoms with E-state index in [0.717, 1.165) is 6.54 Å². The van der Waals surface area contributed by atoms with Gasteiger partial charge in [-0.3, -0.25) is 0 Å². The molecule has 2 nitrogen and oxygen atoms in total. The minimum absolute atomic E-state index is 0.240. The third-order valence-corrected chi connectivity index (χ3v) is 2.63. The van der Waals surface area contributed by atoms with Gasteiger partial charge < -0.3 is 10.4 Å². The van der Waals surface area contributed by atoms with Gasteiger partial charge in [-0.15, -0.1) is 0 Å². The number of aliphatic hydroxyl groups excluding tert-OH is 1. The molecule has 0 aromatic heterocycles. The van der Waals surface area contributed by atoms with Crippen LogP contribution in [0.2, 0.25) is 0 Å². The SMILES string of the molecule is CC(C)NCC1(CO)CCC1. The summed E-state index contributed by atoms with van der Waals surface area (Å²) in [6, 6.07) is 0.541. The Morgan fingerprint density at radius 2 is 2.09 bits per heavy atom. The Bertz CT molecular complexity index is 113. The van der Waals surface area contributed by atoms with Crippen molar-refractivity contribution in [2.75, 3.05) is 13.2 Å². The molecule has 0 radical (unpaired) electrons. The lowest BCUT2D eigenvalue weighted by Crippen LogP contribution is -2.44. The molecule has 1 saturated carbocycles. The van der Waals surface area contributed by atoms with Crippen LogP contribution < -0.4 is 5.32 Å². The van der Waals surface area contributed by atoms with Gasteiger partial charge in [0.25, 0.3) is 0 Å². The van der Waals surface area contributed by atoms with E-state index >= 15 is 0 Å². The maximum Gasteiger partial charge on any atom is 0.0499 e. The van der Waals surface area contributed by atoms with Crippen molar-refractivity contribution in [3.8, 4) is 0 Å². The van der Waals surface area contributed by atoms with E-state index in [2.05, 4.69) is 19.2 Å². The molecule has 1 aliphatic carbocycles. The zero-order valence-corrected chi connectivity index (χ0v) is 7.56. The van der Waals surface area contributed by atoms with E-state index < -0.39 is 0 Å². The fourth-order valence-electron chi connectivity index (χ4n) is 1.49. The van der Waals surface area contributed by atoms with Crippen LogP contribution in [0.5, 0.6) is 0 Å². The van der Waals surface area contributed by atoms with E-state index in [1.165, 1.54) is 19.3 Å². The van der Waals surface area contributed by atoms with Crippen molar-refractivity contribution in [1.82, 2.24) is 5.32 Å². The molecule has 0 heterocycles. The molecular weight excluding hydrogens is 138 g/mol. The quantitative estimate of drug-likeness (QED) is 0.641. The predicted molar refractivity (Wildman–Crippen MR) is 46.5 cm³/mol. The van der Waals surface area contributed by atoms with Crippen LogP contribution in [0.3, 0.4) is 0 Å². The van der Waals surface area contributed by atoms with E-state index in [-0.39, 0.29) is 5.41 Å². The molecule has 1 aliphatic rings. The van der Waals surface area contributed by atoms with Crippen LogP contribution in [0.1, 0.15) is 33.1 Å². The first-order valence-corrected chi connectivity index (χ1v) is 4.53. The lowest BCUT2D eigenvalue weighted by molar-refractivity contribution is 0.0431. The molecule has 2 N–H and O–H groups in total. The van der Waals surface area contributed by atoms with Gasteiger partial charge in [-0.1, -0.05) is 20.3 Å². The Morgan fingerprint density at radius 3 is 2.36 bits per heavy atom. The van der Waals surface area contributed by atoms with Gasteiger partial charge in [0.05, 0.1) is 0 Å². The van der Waals surface area contributed by atoms with Crippen LogP contribution in [-0.4, -0.2) is 24.3 Å². The van der Waals surface area contributed by atoms with Gasteiger partial charge in [0.2, 0.25) is 0 Å². The van der Waals surface area contributed by atoms with Gasteiger partial charge in [0.1, 0.15) is 0 Å². The topological polar surface area (TPSA) is 32.3 Å². The van der Waals surface area contributed by atoms with Crippen molar-refractivity contribution >= 4 is 0 Å². The largest absolute Gasteiger partial charge is 0.396 e. The van der Waals surface area contributed by atoms with Gasteiger partial charge in [-0.05, 0) is 12.8 Å². The molecule has 0 unspecified atom stereocenters. The molecule has 2 heteroatoms. The van der Waals surface area contributed by atoms with Crippen LogP contribution in [0, 0.1) is 5.41 Å². The van der Waals surface area contributed by atoms with Crippen molar-refractivity contribution in [3.05, 3.63) is 0 Å². The van der Waals surface area contributed by atoms with E-state index in [0.29, 0.717) is 12.6 Å². The van der Waals surface area contributed by atoms with Gasteiger partial charge >= 0.3 is 0 Å². The Hall–Kier alpha value is -0.0800. The van der Waals surface area contributed by atoms with Crippen LogP contribution in [0.25, 0.3) is 0 Å². The maximum atomic E-state index is 9.11. The summed E-state index contributed by atoms with van der Waals surface area (Å²) in [6.07, 6.45) is 3.69. The molecular formula is C9H19NO. The second-order valence-electron chi connectivity index (χ2n) is 4.05. The number of hydrogen-bond acceptors (Lipinski definition) is 2. The third-order valence-electron chi connectivity index (χ3n) is 2.63.